The van der Waals surface area contributed by atoms with Gasteiger partial charge >= 0.3 is 0 Å². The van der Waals surface area contributed by atoms with E-state index >= 15 is 0 Å². The zero-order valence-corrected chi connectivity index (χ0v) is 5.20. The van der Waals surface area contributed by atoms with E-state index in [2.05, 4.69) is 13.5 Å². The molecule has 0 nitrogen and oxygen atoms in total. The van der Waals surface area contributed by atoms with E-state index in [0.717, 1.165) is 6.42 Å². The minimum absolute atomic E-state index is 0.599. The highest BCUT2D eigenvalue weighted by Crippen LogP contribution is 1.97. The largest absolute Gasteiger partial charge is 0.0850 e. The third-order valence-corrected chi connectivity index (χ3v) is 0.660. The molecule has 0 rings (SSSR count). The average Bonchev–Trinajstić information content (AvgIpc) is 1.61. The molecule has 0 spiro atoms. The molecule has 0 aromatic heterocycles. The molecule has 0 amide bonds. The standard InChI is InChI=1S/C6H9Cl/c1-3-4-5-6(2)7/h4-5H,2-3H2,1H3/b5-4+. The lowest BCUT2D eigenvalue weighted by atomic mass is 10.4. The first-order valence-corrected chi connectivity index (χ1v) is 2.66. The van der Waals surface area contributed by atoms with Gasteiger partial charge in [0.15, 0.2) is 0 Å². The summed E-state index contributed by atoms with van der Waals surface area (Å²) in [6.45, 7) is 5.52. The van der Waals surface area contributed by atoms with Gasteiger partial charge in [-0.25, -0.2) is 0 Å². The van der Waals surface area contributed by atoms with Crippen molar-refractivity contribution in [3.05, 3.63) is 23.8 Å². The normalized spacial score (nSPS) is 10.0. The molecule has 0 fully saturated rings. The first-order valence-electron chi connectivity index (χ1n) is 2.28. The van der Waals surface area contributed by atoms with Crippen LogP contribution in [0.2, 0.25) is 0 Å². The molecular formula is C6H9Cl. The summed E-state index contributed by atoms with van der Waals surface area (Å²) >= 11 is 5.38. The molecule has 40 valence electrons. The molecule has 1 heteroatoms. The van der Waals surface area contributed by atoms with Crippen molar-refractivity contribution in [2.24, 2.45) is 0 Å². The quantitative estimate of drug-likeness (QED) is 0.487. The van der Waals surface area contributed by atoms with Gasteiger partial charge in [0.1, 0.15) is 0 Å². The van der Waals surface area contributed by atoms with Crippen LogP contribution in [0.5, 0.6) is 0 Å². The Morgan fingerprint density at radius 1 is 1.86 bits per heavy atom. The van der Waals surface area contributed by atoms with Crippen molar-refractivity contribution >= 4 is 11.6 Å². The number of allylic oxidation sites excluding steroid dienone is 3. The summed E-state index contributed by atoms with van der Waals surface area (Å²) < 4.78 is 0. The Bertz CT molecular complexity index is 82.2. The van der Waals surface area contributed by atoms with Crippen molar-refractivity contribution in [3.63, 3.8) is 0 Å². The Labute approximate surface area is 49.5 Å². The van der Waals surface area contributed by atoms with Gasteiger partial charge in [0, 0.05) is 5.03 Å². The monoisotopic (exact) mass is 116 g/mol. The molecule has 0 heterocycles. The van der Waals surface area contributed by atoms with E-state index in [1.165, 1.54) is 0 Å². The summed E-state index contributed by atoms with van der Waals surface area (Å²) in [6.07, 6.45) is 4.78. The predicted octanol–water partition coefficient (Wildman–Crippen LogP) is 2.71. The molecule has 0 unspecified atom stereocenters. The predicted molar refractivity (Wildman–Crippen MR) is 34.4 cm³/mol. The number of halogens is 1. The van der Waals surface area contributed by atoms with Gasteiger partial charge in [0.25, 0.3) is 0 Å². The Kier molecular flexibility index (Phi) is 3.81. The van der Waals surface area contributed by atoms with Crippen LogP contribution in [0.25, 0.3) is 0 Å². The third-order valence-electron chi connectivity index (χ3n) is 0.534. The summed E-state index contributed by atoms with van der Waals surface area (Å²) in [7, 11) is 0. The van der Waals surface area contributed by atoms with Crippen LogP contribution in [0.1, 0.15) is 13.3 Å². The molecule has 0 atom stereocenters. The number of hydrogen-bond acceptors (Lipinski definition) is 0. The van der Waals surface area contributed by atoms with E-state index in [-0.39, 0.29) is 0 Å². The van der Waals surface area contributed by atoms with Crippen LogP contribution in [0.3, 0.4) is 0 Å². The summed E-state index contributed by atoms with van der Waals surface area (Å²) in [4.78, 5) is 0. The molecule has 0 aliphatic heterocycles. The second kappa shape index (κ2) is 3.94. The van der Waals surface area contributed by atoms with Gasteiger partial charge in [-0.2, -0.15) is 0 Å². The molecule has 7 heavy (non-hydrogen) atoms. The number of hydrogen-bond donors (Lipinski definition) is 0. The van der Waals surface area contributed by atoms with E-state index in [0.29, 0.717) is 5.03 Å². The van der Waals surface area contributed by atoms with Crippen LogP contribution in [-0.4, -0.2) is 0 Å². The minimum Gasteiger partial charge on any atom is -0.0850 e. The maximum Gasteiger partial charge on any atom is 0.0331 e. The van der Waals surface area contributed by atoms with Crippen molar-refractivity contribution in [3.8, 4) is 0 Å². The van der Waals surface area contributed by atoms with Gasteiger partial charge in [-0.1, -0.05) is 31.2 Å². The van der Waals surface area contributed by atoms with Gasteiger partial charge in [-0.3, -0.25) is 0 Å². The second-order valence-electron chi connectivity index (χ2n) is 1.26. The molecular weight excluding hydrogens is 108 g/mol. The van der Waals surface area contributed by atoms with Gasteiger partial charge < -0.3 is 0 Å². The summed E-state index contributed by atoms with van der Waals surface area (Å²) in [5.41, 5.74) is 0. The molecule has 0 saturated carbocycles. The minimum atomic E-state index is 0.599. The summed E-state index contributed by atoms with van der Waals surface area (Å²) in [5.74, 6) is 0. The molecule has 0 aromatic carbocycles. The van der Waals surface area contributed by atoms with Crippen molar-refractivity contribution < 1.29 is 0 Å². The highest BCUT2D eigenvalue weighted by Gasteiger charge is 1.70. The third kappa shape index (κ3) is 5.77. The lowest BCUT2D eigenvalue weighted by Gasteiger charge is -1.77. The van der Waals surface area contributed by atoms with Crippen molar-refractivity contribution in [2.75, 3.05) is 0 Å². The highest BCUT2D eigenvalue weighted by molar-refractivity contribution is 6.30. The van der Waals surface area contributed by atoms with Crippen molar-refractivity contribution in [1.29, 1.82) is 0 Å². The molecule has 0 saturated heterocycles. The second-order valence-corrected chi connectivity index (χ2v) is 1.74. The van der Waals surface area contributed by atoms with Crippen molar-refractivity contribution in [2.45, 2.75) is 13.3 Å². The Morgan fingerprint density at radius 2 is 2.43 bits per heavy atom. The van der Waals surface area contributed by atoms with E-state index in [4.69, 9.17) is 11.6 Å². The molecule has 0 radical (unpaired) electrons. The fourth-order valence-electron chi connectivity index (χ4n) is 0.246. The maximum atomic E-state index is 5.38. The van der Waals surface area contributed by atoms with Crippen LogP contribution < -0.4 is 0 Å². The fourth-order valence-corrected chi connectivity index (χ4v) is 0.335. The topological polar surface area (TPSA) is 0 Å². The zero-order chi connectivity index (χ0) is 5.70. The smallest absolute Gasteiger partial charge is 0.0331 e. The van der Waals surface area contributed by atoms with Crippen LogP contribution in [-0.2, 0) is 0 Å². The van der Waals surface area contributed by atoms with Crippen LogP contribution >= 0.6 is 11.6 Å². The molecule has 0 aromatic rings. The first kappa shape index (κ1) is 6.77. The molecule has 0 N–H and O–H groups in total. The molecule has 0 aliphatic carbocycles. The molecule has 0 aliphatic rings. The lowest BCUT2D eigenvalue weighted by Crippen LogP contribution is -1.54. The van der Waals surface area contributed by atoms with Gasteiger partial charge in [-0.15, -0.1) is 0 Å². The summed E-state index contributed by atoms with van der Waals surface area (Å²) in [6, 6.07) is 0. The maximum absolute atomic E-state index is 5.38. The van der Waals surface area contributed by atoms with Crippen LogP contribution in [0.15, 0.2) is 23.8 Å². The van der Waals surface area contributed by atoms with Gasteiger partial charge in [0.2, 0.25) is 0 Å². The van der Waals surface area contributed by atoms with Gasteiger partial charge in [-0.05, 0) is 12.5 Å². The highest BCUT2D eigenvalue weighted by atomic mass is 35.5. The molecule has 0 bridgehead atoms. The summed E-state index contributed by atoms with van der Waals surface area (Å²) in [5, 5.41) is 0.599. The SMILES string of the molecule is C=C(Cl)/C=C/CC. The van der Waals surface area contributed by atoms with E-state index in [9.17, 15) is 0 Å². The van der Waals surface area contributed by atoms with E-state index < -0.39 is 0 Å². The van der Waals surface area contributed by atoms with Crippen molar-refractivity contribution in [1.82, 2.24) is 0 Å². The van der Waals surface area contributed by atoms with E-state index in [1.807, 2.05) is 6.08 Å². The lowest BCUT2D eigenvalue weighted by molar-refractivity contribution is 1.22. The number of rotatable bonds is 2. The first-order chi connectivity index (χ1) is 3.27. The van der Waals surface area contributed by atoms with Crippen LogP contribution in [0.4, 0.5) is 0 Å². The zero-order valence-electron chi connectivity index (χ0n) is 4.45. The Balaban J connectivity index is 3.26. The van der Waals surface area contributed by atoms with Crippen LogP contribution in [0, 0.1) is 0 Å². The Morgan fingerprint density at radius 3 is 2.57 bits per heavy atom. The fraction of sp³-hybridized carbons (Fsp3) is 0.333. The average molecular weight is 117 g/mol. The Hall–Kier alpha value is -0.230. The van der Waals surface area contributed by atoms with Gasteiger partial charge in [0.05, 0.1) is 0 Å². The van der Waals surface area contributed by atoms with E-state index in [1.54, 1.807) is 6.08 Å².